The van der Waals surface area contributed by atoms with Crippen molar-refractivity contribution in [3.05, 3.63) is 76.6 Å². The summed E-state index contributed by atoms with van der Waals surface area (Å²) in [5.74, 6) is -0.244. The highest BCUT2D eigenvalue weighted by Crippen LogP contribution is 2.20. The number of nitrogens with one attached hydrogen (secondary N) is 1. The van der Waals surface area contributed by atoms with E-state index >= 15 is 0 Å². The van der Waals surface area contributed by atoms with E-state index in [1.54, 1.807) is 54.3 Å². The second kappa shape index (κ2) is 9.85. The highest BCUT2D eigenvalue weighted by atomic mass is 35.5. The van der Waals surface area contributed by atoms with Crippen molar-refractivity contribution in [3.63, 3.8) is 0 Å². The maximum atomic E-state index is 12.8. The summed E-state index contributed by atoms with van der Waals surface area (Å²) in [4.78, 5) is 13.0. The monoisotopic (exact) mass is 474 g/mol. The Morgan fingerprint density at radius 1 is 1.19 bits per heavy atom. The van der Waals surface area contributed by atoms with Crippen molar-refractivity contribution in [1.29, 1.82) is 0 Å². The first-order valence-corrected chi connectivity index (χ1v) is 12.1. The van der Waals surface area contributed by atoms with E-state index < -0.39 is 10.0 Å². The van der Waals surface area contributed by atoms with Gasteiger partial charge in [0.15, 0.2) is 0 Å². The Balaban J connectivity index is 1.73. The topological polar surface area (TPSA) is 84.3 Å². The first kappa shape index (κ1) is 24.0. The molecule has 0 bridgehead atoms. The van der Waals surface area contributed by atoms with Crippen LogP contribution in [-0.2, 0) is 23.0 Å². The Bertz CT molecular complexity index is 1200. The molecule has 32 heavy (non-hydrogen) atoms. The van der Waals surface area contributed by atoms with E-state index in [2.05, 4.69) is 10.4 Å². The molecule has 0 fully saturated rings. The minimum Gasteiger partial charge on any atom is -0.348 e. The summed E-state index contributed by atoms with van der Waals surface area (Å²) in [5.41, 5.74) is 2.86. The molecule has 0 saturated carbocycles. The zero-order valence-electron chi connectivity index (χ0n) is 18.5. The molecule has 0 unspecified atom stereocenters. The van der Waals surface area contributed by atoms with E-state index in [9.17, 15) is 13.2 Å². The summed E-state index contributed by atoms with van der Waals surface area (Å²) >= 11 is 6.09. The minimum atomic E-state index is -3.54. The molecule has 0 saturated heterocycles. The molecule has 3 aromatic rings. The van der Waals surface area contributed by atoms with E-state index in [1.807, 2.05) is 32.9 Å². The highest BCUT2D eigenvalue weighted by Gasteiger charge is 2.23. The van der Waals surface area contributed by atoms with Crippen molar-refractivity contribution < 1.29 is 13.2 Å². The van der Waals surface area contributed by atoms with Gasteiger partial charge in [0.25, 0.3) is 5.91 Å². The lowest BCUT2D eigenvalue weighted by Crippen LogP contribution is -2.33. The van der Waals surface area contributed by atoms with E-state index in [0.29, 0.717) is 17.0 Å². The molecular weight excluding hydrogens is 448 g/mol. The largest absolute Gasteiger partial charge is 0.348 e. The lowest BCUT2D eigenvalue weighted by atomic mass is 10.1. The van der Waals surface area contributed by atoms with Crippen LogP contribution in [0.2, 0.25) is 5.02 Å². The number of amides is 1. The zero-order chi connectivity index (χ0) is 23.5. The van der Waals surface area contributed by atoms with Crippen molar-refractivity contribution in [2.24, 2.45) is 0 Å². The quantitative estimate of drug-likeness (QED) is 0.533. The molecule has 2 aromatic carbocycles. The van der Waals surface area contributed by atoms with E-state index in [0.717, 1.165) is 16.9 Å². The fourth-order valence-corrected chi connectivity index (χ4v) is 4.79. The third-order valence-electron chi connectivity index (χ3n) is 5.28. The fourth-order valence-electron chi connectivity index (χ4n) is 3.23. The molecule has 0 aliphatic heterocycles. The first-order valence-electron chi connectivity index (χ1n) is 10.3. The Kier molecular flexibility index (Phi) is 7.38. The number of carbonyl (C=O) groups excluding carboxylic acids is 1. The lowest BCUT2D eigenvalue weighted by Gasteiger charge is -2.21. The molecule has 0 spiro atoms. The van der Waals surface area contributed by atoms with Crippen LogP contribution >= 0.6 is 11.6 Å². The van der Waals surface area contributed by atoms with Crippen molar-refractivity contribution in [2.45, 2.75) is 44.7 Å². The van der Waals surface area contributed by atoms with E-state index in [4.69, 9.17) is 11.6 Å². The van der Waals surface area contributed by atoms with Gasteiger partial charge in [-0.05, 0) is 56.2 Å². The second-order valence-corrected chi connectivity index (χ2v) is 10.1. The number of sulfonamides is 1. The van der Waals surface area contributed by atoms with Crippen LogP contribution in [0.15, 0.2) is 59.6 Å². The SMILES string of the molecule is CCc1c(C(=O)NCc2ccc(S(=O)(=O)N(C)C(C)C)cc2)cnn1-c1cccc(Cl)c1. The molecule has 1 aromatic heterocycles. The van der Waals surface area contributed by atoms with Crippen molar-refractivity contribution in [2.75, 3.05) is 7.05 Å². The van der Waals surface area contributed by atoms with Gasteiger partial charge in [0.1, 0.15) is 0 Å². The van der Waals surface area contributed by atoms with Crippen LogP contribution in [0.1, 0.15) is 42.4 Å². The fraction of sp³-hybridized carbons (Fsp3) is 0.304. The van der Waals surface area contributed by atoms with Gasteiger partial charge in [0.2, 0.25) is 10.0 Å². The summed E-state index contributed by atoms with van der Waals surface area (Å²) in [6, 6.07) is 13.7. The van der Waals surface area contributed by atoms with Gasteiger partial charge >= 0.3 is 0 Å². The second-order valence-electron chi connectivity index (χ2n) is 7.69. The number of benzene rings is 2. The molecule has 0 aliphatic rings. The van der Waals surface area contributed by atoms with Gasteiger partial charge < -0.3 is 5.32 Å². The van der Waals surface area contributed by atoms with Crippen LogP contribution in [0.5, 0.6) is 0 Å². The average molecular weight is 475 g/mol. The number of rotatable bonds is 8. The van der Waals surface area contributed by atoms with Crippen molar-refractivity contribution >= 4 is 27.5 Å². The van der Waals surface area contributed by atoms with Crippen LogP contribution in [0.25, 0.3) is 5.69 Å². The summed E-state index contributed by atoms with van der Waals surface area (Å²) in [6.07, 6.45) is 2.16. The van der Waals surface area contributed by atoms with Gasteiger partial charge in [0.05, 0.1) is 28.0 Å². The maximum absolute atomic E-state index is 12.8. The molecule has 1 N–H and O–H groups in total. The molecule has 0 aliphatic carbocycles. The predicted molar refractivity (Wildman–Crippen MR) is 126 cm³/mol. The summed E-state index contributed by atoms with van der Waals surface area (Å²) in [7, 11) is -1.98. The number of carbonyl (C=O) groups is 1. The molecule has 1 amide bonds. The minimum absolute atomic E-state index is 0.139. The Labute approximate surface area is 194 Å². The first-order chi connectivity index (χ1) is 15.1. The van der Waals surface area contributed by atoms with Crippen LogP contribution in [0.3, 0.4) is 0 Å². The Hall–Kier alpha value is -2.68. The van der Waals surface area contributed by atoms with Crippen LogP contribution < -0.4 is 5.32 Å². The molecule has 9 heteroatoms. The van der Waals surface area contributed by atoms with Crippen LogP contribution in [0, 0.1) is 0 Å². The third-order valence-corrected chi connectivity index (χ3v) is 7.56. The zero-order valence-corrected chi connectivity index (χ0v) is 20.1. The number of hydrogen-bond acceptors (Lipinski definition) is 4. The lowest BCUT2D eigenvalue weighted by molar-refractivity contribution is 0.0950. The molecule has 0 radical (unpaired) electrons. The molecule has 170 valence electrons. The summed E-state index contributed by atoms with van der Waals surface area (Å²) in [5, 5.41) is 7.85. The van der Waals surface area contributed by atoms with Gasteiger partial charge in [-0.25, -0.2) is 13.1 Å². The van der Waals surface area contributed by atoms with E-state index in [1.165, 1.54) is 4.31 Å². The van der Waals surface area contributed by atoms with E-state index in [-0.39, 0.29) is 23.4 Å². The average Bonchev–Trinajstić information content (AvgIpc) is 3.21. The predicted octanol–water partition coefficient (Wildman–Crippen LogP) is 4.05. The number of hydrogen-bond donors (Lipinski definition) is 1. The smallest absolute Gasteiger partial charge is 0.255 e. The van der Waals surface area contributed by atoms with Gasteiger partial charge in [-0.1, -0.05) is 36.7 Å². The van der Waals surface area contributed by atoms with Gasteiger partial charge in [-0.3, -0.25) is 4.79 Å². The number of halogens is 1. The van der Waals surface area contributed by atoms with Gasteiger partial charge in [0, 0.05) is 24.7 Å². The highest BCUT2D eigenvalue weighted by molar-refractivity contribution is 7.89. The van der Waals surface area contributed by atoms with Crippen LogP contribution in [0.4, 0.5) is 0 Å². The van der Waals surface area contributed by atoms with Gasteiger partial charge in [-0.2, -0.15) is 9.40 Å². The number of nitrogens with zero attached hydrogens (tertiary/aromatic N) is 3. The molecular formula is C23H27ClN4O3S. The maximum Gasteiger partial charge on any atom is 0.255 e. The molecule has 7 nitrogen and oxygen atoms in total. The van der Waals surface area contributed by atoms with Crippen molar-refractivity contribution in [3.8, 4) is 5.69 Å². The molecule has 0 atom stereocenters. The standard InChI is InChI=1S/C23H27ClN4O3S/c1-5-22-21(15-26-28(22)19-8-6-7-18(24)13-19)23(29)25-14-17-9-11-20(12-10-17)32(30,31)27(4)16(2)3/h6-13,15-16H,5,14H2,1-4H3,(H,25,29). The molecule has 1 heterocycles. The number of aromatic nitrogens is 2. The third kappa shape index (κ3) is 5.03. The Morgan fingerprint density at radius 2 is 1.88 bits per heavy atom. The summed E-state index contributed by atoms with van der Waals surface area (Å²) in [6.45, 7) is 5.87. The van der Waals surface area contributed by atoms with Gasteiger partial charge in [-0.15, -0.1) is 0 Å². The van der Waals surface area contributed by atoms with Crippen molar-refractivity contribution in [1.82, 2.24) is 19.4 Å². The normalized spacial score (nSPS) is 11.8. The molecule has 3 rings (SSSR count). The summed E-state index contributed by atoms with van der Waals surface area (Å²) < 4.78 is 28.2. The Morgan fingerprint density at radius 3 is 2.47 bits per heavy atom. The van der Waals surface area contributed by atoms with Crippen LogP contribution in [-0.4, -0.2) is 41.5 Å².